The molecule has 0 fully saturated rings. The molecule has 220 valence electrons. The molecule has 0 heterocycles. The van der Waals surface area contributed by atoms with Gasteiger partial charge in [0.05, 0.1) is 5.02 Å². The van der Waals surface area contributed by atoms with Crippen molar-refractivity contribution < 1.29 is 4.39 Å². The minimum absolute atomic E-state index is 0.317. The number of aryl methyl sites for hydroxylation is 1. The normalized spacial score (nSPS) is 12.6. The van der Waals surface area contributed by atoms with Crippen molar-refractivity contribution in [1.29, 1.82) is 0 Å². The van der Waals surface area contributed by atoms with Crippen LogP contribution in [0.2, 0.25) is 5.02 Å². The Morgan fingerprint density at radius 3 is 2.10 bits per heavy atom. The third-order valence-corrected chi connectivity index (χ3v) is 8.22. The van der Waals surface area contributed by atoms with Crippen LogP contribution in [0.5, 0.6) is 0 Å². The van der Waals surface area contributed by atoms with Gasteiger partial charge in [0.1, 0.15) is 5.82 Å². The minimum atomic E-state index is -0.317. The van der Waals surface area contributed by atoms with Gasteiger partial charge in [0.2, 0.25) is 0 Å². The summed E-state index contributed by atoms with van der Waals surface area (Å²) in [6, 6.07) is 21.0. The van der Waals surface area contributed by atoms with Crippen LogP contribution in [-0.2, 0) is 6.42 Å². The monoisotopic (exact) mass is 573 g/mol. The molecule has 41 heavy (non-hydrogen) atoms. The SMILES string of the molecule is CCCCc1ccc(/C(=C(/CC)c2ccc(F)cc2Cl)c2ccc(NC(CCC)CCC)c(/C=C(\C)CC)c2)cc1. The van der Waals surface area contributed by atoms with E-state index in [0.717, 1.165) is 72.8 Å². The Kier molecular flexibility index (Phi) is 13.2. The van der Waals surface area contributed by atoms with Crippen LogP contribution in [0, 0.1) is 5.82 Å². The third-order valence-electron chi connectivity index (χ3n) is 7.91. The van der Waals surface area contributed by atoms with E-state index in [-0.39, 0.29) is 5.82 Å². The summed E-state index contributed by atoms with van der Waals surface area (Å²) in [5, 5.41) is 4.32. The molecule has 1 nitrogen and oxygen atoms in total. The van der Waals surface area contributed by atoms with E-state index in [0.29, 0.717) is 11.1 Å². The third kappa shape index (κ3) is 9.07. The summed E-state index contributed by atoms with van der Waals surface area (Å²) in [5.74, 6) is -0.317. The number of unbranched alkanes of at least 4 members (excludes halogenated alkanes) is 1. The van der Waals surface area contributed by atoms with Crippen LogP contribution in [0.25, 0.3) is 17.2 Å². The average Bonchev–Trinajstić information content (AvgIpc) is 2.97. The summed E-state index contributed by atoms with van der Waals surface area (Å²) in [6.07, 6.45) is 12.2. The van der Waals surface area contributed by atoms with E-state index in [4.69, 9.17) is 11.6 Å². The highest BCUT2D eigenvalue weighted by molar-refractivity contribution is 6.32. The van der Waals surface area contributed by atoms with Gasteiger partial charge in [0.15, 0.2) is 0 Å². The molecule has 0 spiro atoms. The highest BCUT2D eigenvalue weighted by atomic mass is 35.5. The fraction of sp³-hybridized carbons (Fsp3) is 0.421. The van der Waals surface area contributed by atoms with Gasteiger partial charge < -0.3 is 5.32 Å². The molecule has 0 saturated carbocycles. The molecule has 0 saturated heterocycles. The summed E-state index contributed by atoms with van der Waals surface area (Å²) in [7, 11) is 0. The molecule has 0 aromatic heterocycles. The van der Waals surface area contributed by atoms with Crippen molar-refractivity contribution in [3.63, 3.8) is 0 Å². The van der Waals surface area contributed by atoms with Crippen molar-refractivity contribution >= 4 is 34.5 Å². The summed E-state index contributed by atoms with van der Waals surface area (Å²) < 4.78 is 14.1. The number of rotatable bonds is 15. The summed E-state index contributed by atoms with van der Waals surface area (Å²) >= 11 is 6.67. The molecule has 0 aliphatic carbocycles. The van der Waals surface area contributed by atoms with Crippen molar-refractivity contribution in [3.05, 3.63) is 105 Å². The van der Waals surface area contributed by atoms with Crippen LogP contribution < -0.4 is 5.32 Å². The maximum absolute atomic E-state index is 14.1. The van der Waals surface area contributed by atoms with E-state index in [2.05, 4.69) is 95.4 Å². The van der Waals surface area contributed by atoms with Gasteiger partial charge >= 0.3 is 0 Å². The van der Waals surface area contributed by atoms with E-state index in [1.807, 2.05) is 6.07 Å². The number of allylic oxidation sites excluding steroid dienone is 2. The Morgan fingerprint density at radius 1 is 0.829 bits per heavy atom. The van der Waals surface area contributed by atoms with E-state index in [1.165, 1.54) is 47.4 Å². The molecule has 0 bridgehead atoms. The van der Waals surface area contributed by atoms with Gasteiger partial charge in [0.25, 0.3) is 0 Å². The van der Waals surface area contributed by atoms with Crippen molar-refractivity contribution in [2.75, 3.05) is 5.32 Å². The van der Waals surface area contributed by atoms with Gasteiger partial charge in [0, 0.05) is 11.7 Å². The van der Waals surface area contributed by atoms with Crippen LogP contribution >= 0.6 is 11.6 Å². The van der Waals surface area contributed by atoms with Crippen LogP contribution in [0.3, 0.4) is 0 Å². The molecule has 0 aliphatic heterocycles. The highest BCUT2D eigenvalue weighted by Crippen LogP contribution is 2.39. The number of halogens is 2. The predicted molar refractivity (Wildman–Crippen MR) is 180 cm³/mol. The lowest BCUT2D eigenvalue weighted by molar-refractivity contribution is 0.586. The number of nitrogens with one attached hydrogen (secondary N) is 1. The second kappa shape index (κ2) is 16.6. The van der Waals surface area contributed by atoms with Gasteiger partial charge in [-0.2, -0.15) is 0 Å². The second-order valence-electron chi connectivity index (χ2n) is 11.2. The van der Waals surface area contributed by atoms with Crippen LogP contribution in [0.1, 0.15) is 121 Å². The molecule has 3 heteroatoms. The zero-order valence-corrected chi connectivity index (χ0v) is 26.8. The largest absolute Gasteiger partial charge is 0.382 e. The second-order valence-corrected chi connectivity index (χ2v) is 11.6. The Morgan fingerprint density at radius 2 is 1.51 bits per heavy atom. The van der Waals surface area contributed by atoms with Crippen LogP contribution in [0.15, 0.2) is 66.2 Å². The summed E-state index contributed by atoms with van der Waals surface area (Å²) in [6.45, 7) is 13.3. The lowest BCUT2D eigenvalue weighted by Crippen LogP contribution is -2.19. The molecule has 0 unspecified atom stereocenters. The molecule has 3 rings (SSSR count). The molecule has 3 aromatic rings. The summed E-state index contributed by atoms with van der Waals surface area (Å²) in [4.78, 5) is 0. The zero-order valence-electron chi connectivity index (χ0n) is 26.0. The molecule has 0 atom stereocenters. The van der Waals surface area contributed by atoms with E-state index in [1.54, 1.807) is 0 Å². The lowest BCUT2D eigenvalue weighted by Gasteiger charge is -2.23. The number of hydrogen-bond acceptors (Lipinski definition) is 1. The summed E-state index contributed by atoms with van der Waals surface area (Å²) in [5.41, 5.74) is 10.5. The van der Waals surface area contributed by atoms with E-state index >= 15 is 0 Å². The van der Waals surface area contributed by atoms with Crippen LogP contribution in [-0.4, -0.2) is 6.04 Å². The fourth-order valence-electron chi connectivity index (χ4n) is 5.51. The Bertz CT molecular complexity index is 1310. The number of anilines is 1. The molecule has 0 amide bonds. The van der Waals surface area contributed by atoms with Crippen molar-refractivity contribution in [2.24, 2.45) is 0 Å². The van der Waals surface area contributed by atoms with Gasteiger partial charge in [-0.15, -0.1) is 0 Å². The Labute approximate surface area is 253 Å². The van der Waals surface area contributed by atoms with Crippen molar-refractivity contribution in [1.82, 2.24) is 0 Å². The molecule has 0 aliphatic rings. The highest BCUT2D eigenvalue weighted by Gasteiger charge is 2.18. The van der Waals surface area contributed by atoms with Crippen LogP contribution in [0.4, 0.5) is 10.1 Å². The molecule has 3 aromatic carbocycles. The Hall–Kier alpha value is -2.84. The van der Waals surface area contributed by atoms with Crippen molar-refractivity contribution in [3.8, 4) is 0 Å². The van der Waals surface area contributed by atoms with Crippen molar-refractivity contribution in [2.45, 2.75) is 105 Å². The first-order valence-corrected chi connectivity index (χ1v) is 16.1. The molecular weight excluding hydrogens is 525 g/mol. The Balaban J connectivity index is 2.26. The maximum Gasteiger partial charge on any atom is 0.124 e. The molecule has 1 N–H and O–H groups in total. The first kappa shape index (κ1) is 32.7. The fourth-order valence-corrected chi connectivity index (χ4v) is 5.79. The predicted octanol–water partition coefficient (Wildman–Crippen LogP) is 12.4. The first-order valence-electron chi connectivity index (χ1n) is 15.7. The smallest absolute Gasteiger partial charge is 0.124 e. The molecular formula is C38H49ClFN. The van der Waals surface area contributed by atoms with E-state index < -0.39 is 0 Å². The van der Waals surface area contributed by atoms with Gasteiger partial charge in [-0.3, -0.25) is 0 Å². The lowest BCUT2D eigenvalue weighted by atomic mass is 9.86. The van der Waals surface area contributed by atoms with Gasteiger partial charge in [-0.1, -0.05) is 114 Å². The van der Waals surface area contributed by atoms with Gasteiger partial charge in [-0.25, -0.2) is 4.39 Å². The quantitative estimate of drug-likeness (QED) is 0.178. The standard InChI is InChI=1S/C38H49ClFN/c1-7-12-15-28-16-18-29(19-17-28)38(34(11-5)35-22-21-32(40)26-36(35)39)30-20-23-37(31(25-30)24-27(6)10-4)41-33(13-8-2)14-9-3/h16-26,33,41H,7-15H2,1-6H3/b27-24+,38-34+. The molecule has 0 radical (unpaired) electrons. The average molecular weight is 574 g/mol. The minimum Gasteiger partial charge on any atom is -0.382 e. The topological polar surface area (TPSA) is 12.0 Å². The number of hydrogen-bond donors (Lipinski definition) is 1. The maximum atomic E-state index is 14.1. The first-order chi connectivity index (χ1) is 19.8. The van der Waals surface area contributed by atoms with Gasteiger partial charge in [-0.05, 0) is 109 Å². The zero-order chi connectivity index (χ0) is 29.8. The number of benzene rings is 3. The van der Waals surface area contributed by atoms with E-state index in [9.17, 15) is 4.39 Å².